The number of nitrogens with zero attached hydrogens (tertiary/aromatic N) is 4. The van der Waals surface area contributed by atoms with Gasteiger partial charge in [0.05, 0.1) is 27.9 Å². The van der Waals surface area contributed by atoms with Gasteiger partial charge in [0.25, 0.3) is 5.56 Å². The highest BCUT2D eigenvalue weighted by Crippen LogP contribution is 2.28. The van der Waals surface area contributed by atoms with Gasteiger partial charge in [0.15, 0.2) is 5.65 Å². The second-order valence-electron chi connectivity index (χ2n) is 6.67. The van der Waals surface area contributed by atoms with Crippen LogP contribution in [0.4, 0.5) is 0 Å². The van der Waals surface area contributed by atoms with E-state index in [0.717, 1.165) is 9.27 Å². The van der Waals surface area contributed by atoms with Crippen molar-refractivity contribution in [3.05, 3.63) is 86.7 Å². The van der Waals surface area contributed by atoms with Crippen LogP contribution in [0, 0.1) is 0 Å². The quantitative estimate of drug-likeness (QED) is 0.410. The molecule has 0 atom stereocenters. The molecule has 154 valence electrons. The Hall–Kier alpha value is -3.49. The Kier molecular flexibility index (Phi) is 4.80. The monoisotopic (exact) mass is 450 g/mol. The number of hydrogen-bond acceptors (Lipinski definition) is 6. The summed E-state index contributed by atoms with van der Waals surface area (Å²) >= 11 is 7.26. The van der Waals surface area contributed by atoms with Gasteiger partial charge in [0.2, 0.25) is 5.13 Å². The number of rotatable bonds is 4. The van der Waals surface area contributed by atoms with Crippen molar-refractivity contribution in [2.75, 3.05) is 6.61 Å². The Bertz CT molecular complexity index is 1550. The predicted molar refractivity (Wildman–Crippen MR) is 122 cm³/mol. The Labute approximate surface area is 184 Å². The topological polar surface area (TPSA) is 79.0 Å². The molecule has 0 saturated carbocycles. The van der Waals surface area contributed by atoms with Crippen LogP contribution in [0.25, 0.3) is 32.1 Å². The van der Waals surface area contributed by atoms with E-state index in [-0.39, 0.29) is 10.8 Å². The molecule has 3 aromatic heterocycles. The number of halogens is 1. The minimum atomic E-state index is -0.553. The molecule has 0 radical (unpaired) electrons. The molecule has 5 aromatic rings. The zero-order valence-corrected chi connectivity index (χ0v) is 17.9. The van der Waals surface area contributed by atoms with Gasteiger partial charge < -0.3 is 4.74 Å². The van der Waals surface area contributed by atoms with Crippen LogP contribution in [0.1, 0.15) is 6.92 Å². The summed E-state index contributed by atoms with van der Waals surface area (Å²) < 4.78 is 8.84. The van der Waals surface area contributed by atoms with Crippen molar-refractivity contribution in [3.63, 3.8) is 0 Å². The summed E-state index contributed by atoms with van der Waals surface area (Å²) in [6.45, 7) is 2.45. The Morgan fingerprint density at radius 2 is 1.87 bits per heavy atom. The largest absolute Gasteiger partial charge is 0.494 e. The standard InChI is InChI=1S/C22H15ClN4O3S/c1-2-30-15-9-10-17-18(12-15)31-21(25-17)27-20(28)16-4-3-11-24-19(16)26(22(27)29)14-7-5-13(23)6-8-14/h3-12H,2H2,1H3. The second-order valence-corrected chi connectivity index (χ2v) is 8.11. The molecule has 0 aliphatic carbocycles. The molecular formula is C22H15ClN4O3S. The van der Waals surface area contributed by atoms with E-state index in [1.54, 1.807) is 42.6 Å². The fourth-order valence-electron chi connectivity index (χ4n) is 3.38. The fraction of sp³-hybridized carbons (Fsp3) is 0.0909. The molecule has 0 unspecified atom stereocenters. The first kappa shape index (κ1) is 19.5. The molecule has 9 heteroatoms. The zero-order chi connectivity index (χ0) is 21.5. The third-order valence-electron chi connectivity index (χ3n) is 4.75. The Morgan fingerprint density at radius 3 is 2.65 bits per heavy atom. The van der Waals surface area contributed by atoms with Crippen LogP contribution in [0.5, 0.6) is 5.75 Å². The van der Waals surface area contributed by atoms with Gasteiger partial charge in [-0.2, -0.15) is 0 Å². The first-order valence-corrected chi connectivity index (χ1v) is 10.7. The average Bonchev–Trinajstić information content (AvgIpc) is 3.18. The van der Waals surface area contributed by atoms with E-state index in [1.165, 1.54) is 15.9 Å². The van der Waals surface area contributed by atoms with Gasteiger partial charge in [-0.15, -0.1) is 0 Å². The highest BCUT2D eigenvalue weighted by Gasteiger charge is 2.19. The maximum absolute atomic E-state index is 13.5. The number of hydrogen-bond donors (Lipinski definition) is 0. The third kappa shape index (κ3) is 3.30. The summed E-state index contributed by atoms with van der Waals surface area (Å²) in [7, 11) is 0. The van der Waals surface area contributed by atoms with Gasteiger partial charge in [-0.3, -0.25) is 4.79 Å². The number of benzene rings is 2. The van der Waals surface area contributed by atoms with Crippen molar-refractivity contribution >= 4 is 44.2 Å². The van der Waals surface area contributed by atoms with Crippen molar-refractivity contribution < 1.29 is 4.74 Å². The van der Waals surface area contributed by atoms with Crippen LogP contribution >= 0.6 is 22.9 Å². The molecule has 0 aliphatic heterocycles. The summed E-state index contributed by atoms with van der Waals surface area (Å²) in [6.07, 6.45) is 1.55. The number of fused-ring (bicyclic) bond motifs is 2. The number of thiazole rings is 1. The lowest BCUT2D eigenvalue weighted by atomic mass is 10.3. The third-order valence-corrected chi connectivity index (χ3v) is 6.01. The number of pyridine rings is 1. The van der Waals surface area contributed by atoms with Crippen molar-refractivity contribution in [2.45, 2.75) is 6.92 Å². The molecule has 2 aromatic carbocycles. The van der Waals surface area contributed by atoms with Crippen LogP contribution in [0.3, 0.4) is 0 Å². The fourth-order valence-corrected chi connectivity index (χ4v) is 4.49. The van der Waals surface area contributed by atoms with E-state index in [9.17, 15) is 9.59 Å². The molecule has 0 bridgehead atoms. The first-order chi connectivity index (χ1) is 15.1. The summed E-state index contributed by atoms with van der Waals surface area (Å²) in [5.41, 5.74) is 0.478. The highest BCUT2D eigenvalue weighted by molar-refractivity contribution is 7.20. The molecule has 5 rings (SSSR count). The first-order valence-electron chi connectivity index (χ1n) is 9.49. The molecule has 0 saturated heterocycles. The second kappa shape index (κ2) is 7.64. The van der Waals surface area contributed by atoms with Gasteiger partial charge in [0, 0.05) is 11.2 Å². The minimum absolute atomic E-state index is 0.274. The zero-order valence-electron chi connectivity index (χ0n) is 16.3. The van der Waals surface area contributed by atoms with E-state index < -0.39 is 11.2 Å². The van der Waals surface area contributed by atoms with Crippen molar-refractivity contribution in [1.82, 2.24) is 19.1 Å². The van der Waals surface area contributed by atoms with Gasteiger partial charge in [-0.1, -0.05) is 22.9 Å². The lowest BCUT2D eigenvalue weighted by Crippen LogP contribution is -2.38. The van der Waals surface area contributed by atoms with Crippen molar-refractivity contribution in [3.8, 4) is 16.6 Å². The normalized spacial score (nSPS) is 11.3. The van der Waals surface area contributed by atoms with Crippen LogP contribution in [0.2, 0.25) is 5.02 Å². The van der Waals surface area contributed by atoms with Gasteiger partial charge >= 0.3 is 5.69 Å². The van der Waals surface area contributed by atoms with E-state index in [2.05, 4.69) is 9.97 Å². The molecule has 0 spiro atoms. The molecule has 31 heavy (non-hydrogen) atoms. The Balaban J connectivity index is 1.82. The van der Waals surface area contributed by atoms with E-state index >= 15 is 0 Å². The summed E-state index contributed by atoms with van der Waals surface area (Å²) in [5, 5.41) is 1.14. The summed E-state index contributed by atoms with van der Waals surface area (Å²) in [5.74, 6) is 0.707. The van der Waals surface area contributed by atoms with Gasteiger partial charge in [-0.05, 0) is 61.5 Å². The van der Waals surface area contributed by atoms with Gasteiger partial charge in [0.1, 0.15) is 5.75 Å². The van der Waals surface area contributed by atoms with Gasteiger partial charge in [-0.25, -0.2) is 23.9 Å². The van der Waals surface area contributed by atoms with Crippen LogP contribution in [0.15, 0.2) is 70.4 Å². The molecule has 0 fully saturated rings. The van der Waals surface area contributed by atoms with E-state index in [4.69, 9.17) is 16.3 Å². The number of aromatic nitrogens is 4. The van der Waals surface area contributed by atoms with Crippen molar-refractivity contribution in [2.24, 2.45) is 0 Å². The molecule has 3 heterocycles. The molecule has 0 amide bonds. The number of ether oxygens (including phenoxy) is 1. The lowest BCUT2D eigenvalue weighted by molar-refractivity contribution is 0.341. The lowest BCUT2D eigenvalue weighted by Gasteiger charge is -2.12. The van der Waals surface area contributed by atoms with Crippen LogP contribution in [-0.2, 0) is 0 Å². The molecule has 0 aliphatic rings. The smallest absolute Gasteiger partial charge is 0.343 e. The van der Waals surface area contributed by atoms with E-state index in [0.29, 0.717) is 34.0 Å². The summed E-state index contributed by atoms with van der Waals surface area (Å²) in [4.78, 5) is 35.6. The maximum Gasteiger partial charge on any atom is 0.343 e. The van der Waals surface area contributed by atoms with Crippen molar-refractivity contribution in [1.29, 1.82) is 0 Å². The highest BCUT2D eigenvalue weighted by atomic mass is 35.5. The molecule has 0 N–H and O–H groups in total. The average molecular weight is 451 g/mol. The minimum Gasteiger partial charge on any atom is -0.494 e. The van der Waals surface area contributed by atoms with Crippen LogP contribution < -0.4 is 16.0 Å². The molecular weight excluding hydrogens is 436 g/mol. The van der Waals surface area contributed by atoms with E-state index in [1.807, 2.05) is 25.1 Å². The maximum atomic E-state index is 13.5. The molecule has 7 nitrogen and oxygen atoms in total. The predicted octanol–water partition coefficient (Wildman–Crippen LogP) is 4.20. The van der Waals surface area contributed by atoms with Crippen LogP contribution in [-0.4, -0.2) is 25.7 Å². The Morgan fingerprint density at radius 1 is 1.06 bits per heavy atom. The SMILES string of the molecule is CCOc1ccc2nc(-n3c(=O)c4cccnc4n(-c4ccc(Cl)cc4)c3=O)sc2c1. The summed E-state index contributed by atoms with van der Waals surface area (Å²) in [6, 6.07) is 15.6.